The summed E-state index contributed by atoms with van der Waals surface area (Å²) in [6, 6.07) is 61.8. The monoisotopic (exact) mass is 532 g/mol. The quantitative estimate of drug-likeness (QED) is 0.198. The molecule has 0 heteroatoms. The summed E-state index contributed by atoms with van der Waals surface area (Å²) in [6.07, 6.45) is 0. The Labute approximate surface area is 246 Å². The van der Waals surface area contributed by atoms with Crippen LogP contribution in [0, 0.1) is 0 Å². The largest absolute Gasteiger partial charge is 0.0622 e. The van der Waals surface area contributed by atoms with Crippen LogP contribution < -0.4 is 0 Å². The standard InChI is InChI=1S/C42H28/c1-4-14-29(15-5-1)32-24-33(30-16-6-2-7-17-30)26-34(25-32)41-28-35-27-40(31-18-8-3-9-19-31)36-20-10-12-22-38(36)42(35)39-23-13-11-21-37(39)41/h1-28H. The first-order chi connectivity index (χ1) is 20.8. The fraction of sp³-hybridized carbons (Fsp3) is 0. The number of fused-ring (bicyclic) bond motifs is 5. The van der Waals surface area contributed by atoms with E-state index < -0.39 is 0 Å². The molecular formula is C42H28. The summed E-state index contributed by atoms with van der Waals surface area (Å²) in [7, 11) is 0. The van der Waals surface area contributed by atoms with Gasteiger partial charge in [-0.1, -0.05) is 140 Å². The smallest absolute Gasteiger partial charge is 0.00259 e. The third-order valence-corrected chi connectivity index (χ3v) is 8.40. The van der Waals surface area contributed by atoms with Crippen molar-refractivity contribution in [2.75, 3.05) is 0 Å². The van der Waals surface area contributed by atoms with Gasteiger partial charge in [-0.05, 0) is 107 Å². The van der Waals surface area contributed by atoms with Crippen LogP contribution in [0.1, 0.15) is 0 Å². The van der Waals surface area contributed by atoms with Gasteiger partial charge in [-0.3, -0.25) is 0 Å². The van der Waals surface area contributed by atoms with Gasteiger partial charge in [0.05, 0.1) is 0 Å². The summed E-state index contributed by atoms with van der Waals surface area (Å²) in [4.78, 5) is 0. The maximum absolute atomic E-state index is 2.41. The summed E-state index contributed by atoms with van der Waals surface area (Å²) in [5.41, 5.74) is 9.87. The minimum Gasteiger partial charge on any atom is -0.0622 e. The van der Waals surface area contributed by atoms with Gasteiger partial charge in [0.2, 0.25) is 0 Å². The van der Waals surface area contributed by atoms with Gasteiger partial charge < -0.3 is 0 Å². The molecule has 0 aliphatic heterocycles. The molecule has 0 radical (unpaired) electrons. The molecule has 196 valence electrons. The molecule has 0 amide bonds. The van der Waals surface area contributed by atoms with E-state index in [9.17, 15) is 0 Å². The first kappa shape index (κ1) is 24.3. The molecule has 0 aliphatic carbocycles. The summed E-state index contributed by atoms with van der Waals surface area (Å²) in [5.74, 6) is 0. The van der Waals surface area contributed by atoms with Gasteiger partial charge >= 0.3 is 0 Å². The van der Waals surface area contributed by atoms with Crippen molar-refractivity contribution in [1.82, 2.24) is 0 Å². The minimum absolute atomic E-state index is 1.22. The molecule has 0 spiro atoms. The van der Waals surface area contributed by atoms with Crippen molar-refractivity contribution < 1.29 is 0 Å². The second-order valence-electron chi connectivity index (χ2n) is 10.9. The fourth-order valence-electron chi connectivity index (χ4n) is 6.45. The van der Waals surface area contributed by atoms with Crippen LogP contribution in [0.4, 0.5) is 0 Å². The zero-order valence-electron chi connectivity index (χ0n) is 23.2. The highest BCUT2D eigenvalue weighted by Gasteiger charge is 2.16. The molecular weight excluding hydrogens is 504 g/mol. The van der Waals surface area contributed by atoms with Crippen molar-refractivity contribution in [2.24, 2.45) is 0 Å². The van der Waals surface area contributed by atoms with Gasteiger partial charge in [-0.15, -0.1) is 0 Å². The van der Waals surface area contributed by atoms with Crippen molar-refractivity contribution in [1.29, 1.82) is 0 Å². The molecule has 0 saturated carbocycles. The lowest BCUT2D eigenvalue weighted by Gasteiger charge is -2.17. The van der Waals surface area contributed by atoms with Crippen LogP contribution in [0.15, 0.2) is 170 Å². The highest BCUT2D eigenvalue weighted by Crippen LogP contribution is 2.43. The molecule has 8 rings (SSSR count). The number of hydrogen-bond acceptors (Lipinski definition) is 0. The third-order valence-electron chi connectivity index (χ3n) is 8.40. The molecule has 0 atom stereocenters. The van der Waals surface area contributed by atoms with Crippen molar-refractivity contribution in [3.63, 3.8) is 0 Å². The van der Waals surface area contributed by atoms with E-state index in [4.69, 9.17) is 0 Å². The molecule has 0 unspecified atom stereocenters. The normalized spacial score (nSPS) is 11.3. The lowest BCUT2D eigenvalue weighted by Crippen LogP contribution is -1.90. The third kappa shape index (κ3) is 4.17. The van der Waals surface area contributed by atoms with Crippen molar-refractivity contribution >= 4 is 32.3 Å². The van der Waals surface area contributed by atoms with Gasteiger partial charge in [0, 0.05) is 0 Å². The topological polar surface area (TPSA) is 0 Å². The van der Waals surface area contributed by atoms with Gasteiger partial charge in [0.25, 0.3) is 0 Å². The molecule has 0 aromatic heterocycles. The van der Waals surface area contributed by atoms with E-state index in [2.05, 4.69) is 170 Å². The molecule has 0 bridgehead atoms. The van der Waals surface area contributed by atoms with E-state index in [0.717, 1.165) is 0 Å². The van der Waals surface area contributed by atoms with Crippen LogP contribution in [0.25, 0.3) is 76.8 Å². The second-order valence-corrected chi connectivity index (χ2v) is 10.9. The highest BCUT2D eigenvalue weighted by atomic mass is 14.2. The number of rotatable bonds is 4. The zero-order valence-corrected chi connectivity index (χ0v) is 23.2. The van der Waals surface area contributed by atoms with Crippen molar-refractivity contribution in [3.05, 3.63) is 170 Å². The zero-order chi connectivity index (χ0) is 27.9. The molecule has 8 aromatic rings. The summed E-state index contributed by atoms with van der Waals surface area (Å²) >= 11 is 0. The highest BCUT2D eigenvalue weighted by molar-refractivity contribution is 6.25. The van der Waals surface area contributed by atoms with Crippen LogP contribution in [0.5, 0.6) is 0 Å². The lowest BCUT2D eigenvalue weighted by molar-refractivity contribution is 1.58. The molecule has 8 aromatic carbocycles. The Morgan fingerprint density at radius 1 is 0.238 bits per heavy atom. The molecule has 42 heavy (non-hydrogen) atoms. The maximum Gasteiger partial charge on any atom is -0.00259 e. The van der Waals surface area contributed by atoms with Crippen molar-refractivity contribution in [2.45, 2.75) is 0 Å². The fourth-order valence-corrected chi connectivity index (χ4v) is 6.45. The van der Waals surface area contributed by atoms with E-state index in [1.54, 1.807) is 0 Å². The van der Waals surface area contributed by atoms with Gasteiger partial charge in [0.1, 0.15) is 0 Å². The second kappa shape index (κ2) is 10.2. The van der Waals surface area contributed by atoms with E-state index in [0.29, 0.717) is 0 Å². The molecule has 0 heterocycles. The van der Waals surface area contributed by atoms with E-state index >= 15 is 0 Å². The molecule has 0 nitrogen and oxygen atoms in total. The van der Waals surface area contributed by atoms with Gasteiger partial charge in [-0.25, -0.2) is 0 Å². The minimum atomic E-state index is 1.22. The lowest BCUT2D eigenvalue weighted by atomic mass is 9.86. The molecule has 0 saturated heterocycles. The van der Waals surface area contributed by atoms with Crippen LogP contribution in [0.3, 0.4) is 0 Å². The van der Waals surface area contributed by atoms with Crippen LogP contribution in [-0.4, -0.2) is 0 Å². The SMILES string of the molecule is c1ccc(-c2cc(-c3ccccc3)cc(-c3cc4cc(-c5ccccc5)c5ccccc5c4c4ccccc34)c2)cc1. The number of benzene rings is 8. The van der Waals surface area contributed by atoms with Crippen LogP contribution >= 0.6 is 0 Å². The van der Waals surface area contributed by atoms with E-state index in [1.165, 1.54) is 76.8 Å². The van der Waals surface area contributed by atoms with Crippen LogP contribution in [-0.2, 0) is 0 Å². The van der Waals surface area contributed by atoms with E-state index in [-0.39, 0.29) is 0 Å². The first-order valence-corrected chi connectivity index (χ1v) is 14.5. The number of hydrogen-bond donors (Lipinski definition) is 0. The first-order valence-electron chi connectivity index (χ1n) is 14.5. The molecule has 0 N–H and O–H groups in total. The Balaban J connectivity index is 1.47. The Hall–Kier alpha value is -5.46. The Morgan fingerprint density at radius 3 is 1.07 bits per heavy atom. The average Bonchev–Trinajstić information content (AvgIpc) is 3.08. The summed E-state index contributed by atoms with van der Waals surface area (Å²) in [5, 5.41) is 7.70. The molecule has 0 fully saturated rings. The Morgan fingerprint density at radius 2 is 0.595 bits per heavy atom. The van der Waals surface area contributed by atoms with Crippen LogP contribution in [0.2, 0.25) is 0 Å². The van der Waals surface area contributed by atoms with E-state index in [1.807, 2.05) is 0 Å². The van der Waals surface area contributed by atoms with Crippen molar-refractivity contribution in [3.8, 4) is 44.5 Å². The van der Waals surface area contributed by atoms with Gasteiger partial charge in [-0.2, -0.15) is 0 Å². The maximum atomic E-state index is 2.41. The summed E-state index contributed by atoms with van der Waals surface area (Å²) < 4.78 is 0. The Kier molecular flexibility index (Phi) is 5.90. The van der Waals surface area contributed by atoms with Gasteiger partial charge in [0.15, 0.2) is 0 Å². The average molecular weight is 533 g/mol. The predicted octanol–water partition coefficient (Wildman–Crippen LogP) is 11.8. The molecule has 0 aliphatic rings. The Bertz CT molecular complexity index is 2150. The predicted molar refractivity (Wildman–Crippen MR) is 181 cm³/mol. The summed E-state index contributed by atoms with van der Waals surface area (Å²) in [6.45, 7) is 0.